The molecule has 1 amide bonds. The Morgan fingerprint density at radius 1 is 1.15 bits per heavy atom. The van der Waals surface area contributed by atoms with Crippen LogP contribution in [0.15, 0.2) is 48.5 Å². The van der Waals surface area contributed by atoms with Crippen molar-refractivity contribution < 1.29 is 18.0 Å². The van der Waals surface area contributed by atoms with Gasteiger partial charge in [-0.15, -0.1) is 0 Å². The molecule has 1 aliphatic heterocycles. The van der Waals surface area contributed by atoms with Crippen molar-refractivity contribution in [1.29, 1.82) is 0 Å². The highest BCUT2D eigenvalue weighted by Gasteiger charge is 2.30. The van der Waals surface area contributed by atoms with E-state index in [1.807, 2.05) is 12.1 Å². The highest BCUT2D eigenvalue weighted by molar-refractivity contribution is 5.78. The van der Waals surface area contributed by atoms with E-state index < -0.39 is 11.7 Å². The average Bonchev–Trinajstić information content (AvgIpc) is 2.90. The lowest BCUT2D eigenvalue weighted by Crippen LogP contribution is -2.38. The average molecular weight is 362 g/mol. The zero-order valence-electron chi connectivity index (χ0n) is 14.5. The number of nitrogens with zero attached hydrogens (tertiary/aromatic N) is 1. The Bertz CT molecular complexity index is 771. The van der Waals surface area contributed by atoms with Crippen LogP contribution in [0.1, 0.15) is 23.6 Å². The number of amides is 1. The molecule has 0 bridgehead atoms. The molecule has 1 atom stereocenters. The minimum atomic E-state index is -4.36. The van der Waals surface area contributed by atoms with E-state index in [1.54, 1.807) is 0 Å². The Morgan fingerprint density at radius 2 is 1.85 bits per heavy atom. The number of halogens is 3. The maximum Gasteiger partial charge on any atom is 0.416 e. The van der Waals surface area contributed by atoms with Crippen molar-refractivity contribution in [2.75, 3.05) is 18.0 Å². The van der Waals surface area contributed by atoms with Crippen LogP contribution in [0.3, 0.4) is 0 Å². The molecule has 26 heavy (non-hydrogen) atoms. The summed E-state index contributed by atoms with van der Waals surface area (Å²) in [5.41, 5.74) is 2.38. The summed E-state index contributed by atoms with van der Waals surface area (Å²) in [6.07, 6.45) is -3.29. The first kappa shape index (κ1) is 18.3. The van der Waals surface area contributed by atoms with Gasteiger partial charge in [-0.2, -0.15) is 13.2 Å². The van der Waals surface area contributed by atoms with Gasteiger partial charge in [-0.05, 0) is 42.7 Å². The second kappa shape index (κ2) is 7.40. The fourth-order valence-electron chi connectivity index (χ4n) is 3.35. The van der Waals surface area contributed by atoms with Crippen LogP contribution < -0.4 is 10.2 Å². The van der Waals surface area contributed by atoms with E-state index in [2.05, 4.69) is 29.3 Å². The summed E-state index contributed by atoms with van der Waals surface area (Å²) >= 11 is 0. The van der Waals surface area contributed by atoms with Gasteiger partial charge in [-0.25, -0.2) is 0 Å². The van der Waals surface area contributed by atoms with Crippen LogP contribution in [0.25, 0.3) is 0 Å². The standard InChI is InChI=1S/C20H21F3N2O/c1-14-12-16-4-2-3-5-18(16)25(14)11-10-24-19(26)13-15-6-8-17(9-7-15)20(21,22)23/h2-9,14H,10-13H2,1H3,(H,24,26). The lowest BCUT2D eigenvalue weighted by Gasteiger charge is -2.25. The van der Waals surface area contributed by atoms with Crippen molar-refractivity contribution >= 4 is 11.6 Å². The molecule has 1 heterocycles. The number of carbonyl (C=O) groups is 1. The Kier molecular flexibility index (Phi) is 5.20. The molecule has 2 aromatic carbocycles. The molecule has 3 nitrogen and oxygen atoms in total. The second-order valence-electron chi connectivity index (χ2n) is 6.60. The quantitative estimate of drug-likeness (QED) is 0.877. The van der Waals surface area contributed by atoms with Gasteiger partial charge in [0.25, 0.3) is 0 Å². The van der Waals surface area contributed by atoms with Crippen molar-refractivity contribution in [3.05, 3.63) is 65.2 Å². The van der Waals surface area contributed by atoms with Gasteiger partial charge in [-0.1, -0.05) is 30.3 Å². The van der Waals surface area contributed by atoms with Crippen LogP contribution >= 0.6 is 0 Å². The number of alkyl halides is 3. The van der Waals surface area contributed by atoms with Gasteiger partial charge >= 0.3 is 6.18 Å². The molecule has 0 fully saturated rings. The number of para-hydroxylation sites is 1. The summed E-state index contributed by atoms with van der Waals surface area (Å²) in [6.45, 7) is 3.36. The third-order valence-corrected chi connectivity index (χ3v) is 4.67. The molecule has 1 N–H and O–H groups in total. The minimum absolute atomic E-state index is 0.0737. The largest absolute Gasteiger partial charge is 0.416 e. The Hall–Kier alpha value is -2.50. The number of nitrogens with one attached hydrogen (secondary N) is 1. The lowest BCUT2D eigenvalue weighted by atomic mass is 10.1. The Balaban J connectivity index is 1.49. The molecule has 1 unspecified atom stereocenters. The van der Waals surface area contributed by atoms with E-state index >= 15 is 0 Å². The van der Waals surface area contributed by atoms with E-state index in [4.69, 9.17) is 0 Å². The summed E-state index contributed by atoms with van der Waals surface area (Å²) in [5.74, 6) is -0.190. The van der Waals surface area contributed by atoms with Crippen LogP contribution in [0.5, 0.6) is 0 Å². The third kappa shape index (κ3) is 4.18. The third-order valence-electron chi connectivity index (χ3n) is 4.67. The SMILES string of the molecule is CC1Cc2ccccc2N1CCNC(=O)Cc1ccc(C(F)(F)F)cc1. The van der Waals surface area contributed by atoms with E-state index in [-0.39, 0.29) is 12.3 Å². The van der Waals surface area contributed by atoms with Crippen LogP contribution in [0.4, 0.5) is 18.9 Å². The van der Waals surface area contributed by atoms with Crippen LogP contribution in [-0.4, -0.2) is 25.0 Å². The van der Waals surface area contributed by atoms with Crippen molar-refractivity contribution in [1.82, 2.24) is 5.32 Å². The highest BCUT2D eigenvalue weighted by Crippen LogP contribution is 2.31. The first-order chi connectivity index (χ1) is 12.3. The van der Waals surface area contributed by atoms with Gasteiger partial charge in [0.05, 0.1) is 12.0 Å². The molecule has 138 valence electrons. The normalized spacial score (nSPS) is 16.5. The monoisotopic (exact) mass is 362 g/mol. The molecule has 1 aliphatic rings. The molecule has 0 saturated carbocycles. The van der Waals surface area contributed by atoms with Gasteiger partial charge in [0.1, 0.15) is 0 Å². The number of anilines is 1. The summed E-state index contributed by atoms with van der Waals surface area (Å²) in [7, 11) is 0. The number of benzene rings is 2. The van der Waals surface area contributed by atoms with Crippen molar-refractivity contribution in [3.8, 4) is 0 Å². The highest BCUT2D eigenvalue weighted by atomic mass is 19.4. The number of hydrogen-bond acceptors (Lipinski definition) is 2. The van der Waals surface area contributed by atoms with Crippen LogP contribution in [-0.2, 0) is 23.8 Å². The van der Waals surface area contributed by atoms with Gasteiger partial charge in [0.15, 0.2) is 0 Å². The smallest absolute Gasteiger partial charge is 0.367 e. The Morgan fingerprint density at radius 3 is 2.54 bits per heavy atom. The zero-order chi connectivity index (χ0) is 18.7. The summed E-state index contributed by atoms with van der Waals surface area (Å²) < 4.78 is 37.6. The summed E-state index contributed by atoms with van der Waals surface area (Å²) in [6, 6.07) is 13.3. The first-order valence-corrected chi connectivity index (χ1v) is 8.62. The fraction of sp³-hybridized carbons (Fsp3) is 0.350. The fourth-order valence-corrected chi connectivity index (χ4v) is 3.35. The van der Waals surface area contributed by atoms with Gasteiger partial charge in [0, 0.05) is 24.8 Å². The van der Waals surface area contributed by atoms with E-state index in [9.17, 15) is 18.0 Å². The zero-order valence-corrected chi connectivity index (χ0v) is 14.5. The predicted octanol–water partition coefficient (Wildman–Crippen LogP) is 3.82. The maximum absolute atomic E-state index is 12.5. The number of fused-ring (bicyclic) bond motifs is 1. The number of hydrogen-bond donors (Lipinski definition) is 1. The van der Waals surface area contributed by atoms with Crippen molar-refractivity contribution in [2.45, 2.75) is 32.0 Å². The van der Waals surface area contributed by atoms with Gasteiger partial charge in [-0.3, -0.25) is 4.79 Å². The molecule has 0 spiro atoms. The minimum Gasteiger partial charge on any atom is -0.367 e. The molecule has 0 radical (unpaired) electrons. The molecule has 0 saturated heterocycles. The van der Waals surface area contributed by atoms with Crippen LogP contribution in [0.2, 0.25) is 0 Å². The topological polar surface area (TPSA) is 32.3 Å². The summed E-state index contributed by atoms with van der Waals surface area (Å²) in [4.78, 5) is 14.3. The van der Waals surface area contributed by atoms with Crippen molar-refractivity contribution in [2.24, 2.45) is 0 Å². The van der Waals surface area contributed by atoms with Crippen LogP contribution in [0, 0.1) is 0 Å². The predicted molar refractivity (Wildman–Crippen MR) is 95.1 cm³/mol. The molecule has 0 aliphatic carbocycles. The van der Waals surface area contributed by atoms with Crippen molar-refractivity contribution in [3.63, 3.8) is 0 Å². The molecule has 6 heteroatoms. The first-order valence-electron chi connectivity index (χ1n) is 8.62. The van der Waals surface area contributed by atoms with Gasteiger partial charge < -0.3 is 10.2 Å². The summed E-state index contributed by atoms with van der Waals surface area (Å²) in [5, 5.41) is 2.85. The molecular weight excluding hydrogens is 341 g/mol. The van der Waals surface area contributed by atoms with Gasteiger partial charge in [0.2, 0.25) is 5.91 Å². The number of carbonyl (C=O) groups excluding carboxylic acids is 1. The van der Waals surface area contributed by atoms with E-state index in [0.29, 0.717) is 24.7 Å². The molecular formula is C20H21F3N2O. The molecule has 3 rings (SSSR count). The van der Waals surface area contributed by atoms with E-state index in [0.717, 1.165) is 18.6 Å². The maximum atomic E-state index is 12.5. The second-order valence-corrected chi connectivity index (χ2v) is 6.60. The lowest BCUT2D eigenvalue weighted by molar-refractivity contribution is -0.137. The Labute approximate surface area is 150 Å². The molecule has 0 aromatic heterocycles. The van der Waals surface area contributed by atoms with E-state index in [1.165, 1.54) is 23.4 Å². The number of rotatable bonds is 5. The molecule has 2 aromatic rings.